The fraction of sp³-hybridized carbons (Fsp3) is 0.435. The Morgan fingerprint density at radius 1 is 1.04 bits per heavy atom. The molecule has 0 atom stereocenters. The zero-order valence-electron chi connectivity index (χ0n) is 17.6. The lowest BCUT2D eigenvalue weighted by Crippen LogP contribution is -1.95. The first-order chi connectivity index (χ1) is 12.4. The molecule has 0 spiro atoms. The molecule has 2 aromatic rings. The first kappa shape index (κ1) is 26.6. The summed E-state index contributed by atoms with van der Waals surface area (Å²) in [5.74, 6) is 0.770. The Morgan fingerprint density at radius 3 is 2.04 bits per heavy atom. The van der Waals surface area contributed by atoms with Crippen molar-refractivity contribution in [2.75, 3.05) is 0 Å². The smallest absolute Gasteiger partial charge is 0.122 e. The van der Waals surface area contributed by atoms with Gasteiger partial charge in [0.15, 0.2) is 0 Å². The topological polar surface area (TPSA) is 37.3 Å². The molecule has 0 bridgehead atoms. The summed E-state index contributed by atoms with van der Waals surface area (Å²) in [7, 11) is 0. The predicted molar refractivity (Wildman–Crippen MR) is 119 cm³/mol. The van der Waals surface area contributed by atoms with Crippen LogP contribution in [0.2, 0.25) is 0 Å². The van der Waals surface area contributed by atoms with Crippen molar-refractivity contribution in [2.45, 2.75) is 67.7 Å². The third-order valence-electron chi connectivity index (χ3n) is 3.73. The Morgan fingerprint density at radius 2 is 1.58 bits per heavy atom. The summed E-state index contributed by atoms with van der Waals surface area (Å²) >= 11 is 3.54. The van der Waals surface area contributed by atoms with Crippen molar-refractivity contribution in [1.29, 1.82) is 0 Å². The molecule has 0 aromatic heterocycles. The molecule has 0 radical (unpaired) electrons. The lowest BCUT2D eigenvalue weighted by atomic mass is 9.91. The minimum Gasteiger partial charge on any atom is -0.507 e. The molecule has 0 fully saturated rings. The highest BCUT2D eigenvalue weighted by molar-refractivity contribution is 9.10. The molecule has 2 aromatic carbocycles. The Kier molecular flexibility index (Phi) is 14.9. The van der Waals surface area contributed by atoms with Gasteiger partial charge in [0.2, 0.25) is 0 Å². The summed E-state index contributed by atoms with van der Waals surface area (Å²) in [5.41, 5.74) is 5.69. The summed E-state index contributed by atoms with van der Waals surface area (Å²) < 4.78 is 1.08. The molecule has 2 nitrogen and oxygen atoms in total. The Balaban J connectivity index is 0. The SMILES string of the molecule is C=O.CC.CC.CCc1cc(-c2cc(Br)ccc2C)cc(C(C)C)c1O. The molecule has 1 N–H and O–H groups in total. The molecule has 0 unspecified atom stereocenters. The number of aromatic hydroxyl groups is 1. The Bertz CT molecular complexity index is 649. The van der Waals surface area contributed by atoms with E-state index in [2.05, 4.69) is 74.0 Å². The minimum atomic E-state index is 0.313. The van der Waals surface area contributed by atoms with Crippen LogP contribution in [0.25, 0.3) is 11.1 Å². The molecule has 26 heavy (non-hydrogen) atoms. The highest BCUT2D eigenvalue weighted by atomic mass is 79.9. The molecule has 146 valence electrons. The molecular weight excluding hydrogens is 388 g/mol. The van der Waals surface area contributed by atoms with Crippen molar-refractivity contribution in [1.82, 2.24) is 0 Å². The largest absolute Gasteiger partial charge is 0.507 e. The van der Waals surface area contributed by atoms with E-state index >= 15 is 0 Å². The summed E-state index contributed by atoms with van der Waals surface area (Å²) in [6, 6.07) is 10.5. The second-order valence-electron chi connectivity index (χ2n) is 5.54. The monoisotopic (exact) mass is 422 g/mol. The molecule has 0 heterocycles. The zero-order valence-corrected chi connectivity index (χ0v) is 19.2. The third kappa shape index (κ3) is 7.33. The number of halogens is 1. The number of phenols is 1. The van der Waals surface area contributed by atoms with Crippen LogP contribution in [0.3, 0.4) is 0 Å². The summed E-state index contributed by atoms with van der Waals surface area (Å²) in [6.07, 6.45) is 0.840. The Labute approximate surface area is 168 Å². The summed E-state index contributed by atoms with van der Waals surface area (Å²) in [5, 5.41) is 10.3. The van der Waals surface area contributed by atoms with Gasteiger partial charge in [-0.15, -0.1) is 0 Å². The lowest BCUT2D eigenvalue weighted by Gasteiger charge is -2.16. The summed E-state index contributed by atoms with van der Waals surface area (Å²) in [4.78, 5) is 8.00. The number of phenolic OH excluding ortho intramolecular Hbond substituents is 1. The van der Waals surface area contributed by atoms with Gasteiger partial charge >= 0.3 is 0 Å². The van der Waals surface area contributed by atoms with Gasteiger partial charge in [-0.2, -0.15) is 0 Å². The quantitative estimate of drug-likeness (QED) is 0.550. The van der Waals surface area contributed by atoms with Crippen molar-refractivity contribution >= 4 is 22.7 Å². The van der Waals surface area contributed by atoms with Gasteiger partial charge in [0.05, 0.1) is 0 Å². The van der Waals surface area contributed by atoms with Crippen LogP contribution < -0.4 is 0 Å². The van der Waals surface area contributed by atoms with E-state index in [9.17, 15) is 5.11 Å². The molecular formula is C23H35BrO2. The van der Waals surface area contributed by atoms with Crippen molar-refractivity contribution in [3.8, 4) is 16.9 Å². The number of rotatable bonds is 3. The fourth-order valence-corrected chi connectivity index (χ4v) is 2.85. The van der Waals surface area contributed by atoms with E-state index in [-0.39, 0.29) is 0 Å². The number of hydrogen-bond donors (Lipinski definition) is 1. The number of benzene rings is 2. The van der Waals surface area contributed by atoms with E-state index in [0.29, 0.717) is 11.7 Å². The van der Waals surface area contributed by atoms with Crippen LogP contribution in [0.5, 0.6) is 5.75 Å². The van der Waals surface area contributed by atoms with Crippen LogP contribution in [-0.4, -0.2) is 11.9 Å². The molecule has 0 amide bonds. The van der Waals surface area contributed by atoms with Gasteiger partial charge in [0, 0.05) is 4.47 Å². The van der Waals surface area contributed by atoms with Gasteiger partial charge in [0.25, 0.3) is 0 Å². The first-order valence-electron chi connectivity index (χ1n) is 9.35. The Hall–Kier alpha value is -1.61. The average molecular weight is 423 g/mol. The number of carbonyl (C=O) groups excluding carboxylic acids is 1. The standard InChI is InChI=1S/C18H21BrO.2C2H6.CH2O/c1-5-13-8-14(9-16(11(2)3)18(13)20)17-10-15(19)7-6-12(17)4;3*1-2/h6-11,20H,5H2,1-4H3;2*1-2H3;1H2. The highest BCUT2D eigenvalue weighted by Gasteiger charge is 2.13. The zero-order chi connectivity index (χ0) is 20.9. The molecule has 2 rings (SSSR count). The maximum Gasteiger partial charge on any atom is 0.122 e. The van der Waals surface area contributed by atoms with Crippen LogP contribution in [-0.2, 0) is 11.2 Å². The van der Waals surface area contributed by atoms with Gasteiger partial charge < -0.3 is 9.90 Å². The van der Waals surface area contributed by atoms with Gasteiger partial charge in [-0.05, 0) is 71.3 Å². The van der Waals surface area contributed by atoms with Crippen molar-refractivity contribution in [3.63, 3.8) is 0 Å². The second-order valence-corrected chi connectivity index (χ2v) is 6.46. The first-order valence-corrected chi connectivity index (χ1v) is 10.1. The van der Waals surface area contributed by atoms with Gasteiger partial charge in [-0.1, -0.05) is 70.5 Å². The van der Waals surface area contributed by atoms with E-state index in [1.165, 1.54) is 16.7 Å². The van der Waals surface area contributed by atoms with Crippen molar-refractivity contribution < 1.29 is 9.90 Å². The fourth-order valence-electron chi connectivity index (χ4n) is 2.49. The molecule has 0 aliphatic carbocycles. The molecule has 0 aliphatic rings. The van der Waals surface area contributed by atoms with Crippen LogP contribution in [0.15, 0.2) is 34.8 Å². The third-order valence-corrected chi connectivity index (χ3v) is 4.23. The minimum absolute atomic E-state index is 0.313. The van der Waals surface area contributed by atoms with Crippen LogP contribution >= 0.6 is 15.9 Å². The summed E-state index contributed by atoms with van der Waals surface area (Å²) in [6.45, 7) is 18.4. The van der Waals surface area contributed by atoms with Crippen LogP contribution in [0.1, 0.15) is 71.1 Å². The average Bonchev–Trinajstić information content (AvgIpc) is 2.68. The van der Waals surface area contributed by atoms with E-state index in [4.69, 9.17) is 4.79 Å². The van der Waals surface area contributed by atoms with Crippen molar-refractivity contribution in [3.05, 3.63) is 51.5 Å². The van der Waals surface area contributed by atoms with E-state index in [1.54, 1.807) is 0 Å². The van der Waals surface area contributed by atoms with Gasteiger partial charge in [0.1, 0.15) is 12.5 Å². The van der Waals surface area contributed by atoms with E-state index in [1.807, 2.05) is 34.5 Å². The molecule has 3 heteroatoms. The van der Waals surface area contributed by atoms with Crippen LogP contribution in [0.4, 0.5) is 0 Å². The highest BCUT2D eigenvalue weighted by Crippen LogP contribution is 2.36. The number of carbonyl (C=O) groups is 1. The second kappa shape index (κ2) is 14.5. The number of hydrogen-bond acceptors (Lipinski definition) is 2. The maximum absolute atomic E-state index is 10.3. The van der Waals surface area contributed by atoms with E-state index in [0.717, 1.165) is 22.0 Å². The normalized spacial score (nSPS) is 9.15. The predicted octanol–water partition coefficient (Wildman–Crippen LogP) is 7.68. The molecule has 0 saturated heterocycles. The van der Waals surface area contributed by atoms with Crippen LogP contribution in [0, 0.1) is 6.92 Å². The molecule has 0 aliphatic heterocycles. The molecule has 0 saturated carbocycles. The van der Waals surface area contributed by atoms with Crippen molar-refractivity contribution in [2.24, 2.45) is 0 Å². The van der Waals surface area contributed by atoms with Gasteiger partial charge in [-0.25, -0.2) is 0 Å². The van der Waals surface area contributed by atoms with E-state index < -0.39 is 0 Å². The van der Waals surface area contributed by atoms with Gasteiger partial charge in [-0.3, -0.25) is 0 Å². The number of aryl methyl sites for hydroxylation is 2. The lowest BCUT2D eigenvalue weighted by molar-refractivity contribution is -0.0979. The maximum atomic E-state index is 10.3.